The zero-order valence-electron chi connectivity index (χ0n) is 17.3. The van der Waals surface area contributed by atoms with Gasteiger partial charge in [-0.25, -0.2) is 4.79 Å². The number of amides is 1. The zero-order valence-corrected chi connectivity index (χ0v) is 17.3. The third-order valence-electron chi connectivity index (χ3n) is 5.13. The lowest BCUT2D eigenvalue weighted by Gasteiger charge is -2.12. The number of fused-ring (bicyclic) bond motifs is 1. The molecule has 0 radical (unpaired) electrons. The van der Waals surface area contributed by atoms with Gasteiger partial charge in [-0.05, 0) is 29.8 Å². The van der Waals surface area contributed by atoms with Crippen molar-refractivity contribution in [2.75, 3.05) is 10.6 Å². The van der Waals surface area contributed by atoms with Crippen LogP contribution >= 0.6 is 0 Å². The van der Waals surface area contributed by atoms with Crippen LogP contribution in [0.2, 0.25) is 0 Å². The van der Waals surface area contributed by atoms with E-state index in [0.717, 1.165) is 5.56 Å². The van der Waals surface area contributed by atoms with Crippen LogP contribution in [0.5, 0.6) is 0 Å². The van der Waals surface area contributed by atoms with Crippen LogP contribution in [0.25, 0.3) is 10.9 Å². The van der Waals surface area contributed by atoms with Crippen molar-refractivity contribution in [1.82, 2.24) is 4.57 Å². The molecule has 7 nitrogen and oxygen atoms in total. The monoisotopic (exact) mass is 427 g/mol. The summed E-state index contributed by atoms with van der Waals surface area (Å²) in [4.78, 5) is 36.8. The fraction of sp³-hybridized carbons (Fsp3) is 0.0800. The zero-order chi connectivity index (χ0) is 22.7. The molecular formula is C25H21N3O4. The van der Waals surface area contributed by atoms with E-state index in [-0.39, 0.29) is 22.7 Å². The summed E-state index contributed by atoms with van der Waals surface area (Å²) in [6.45, 7) is 1.96. The molecule has 0 bridgehead atoms. The molecule has 0 aliphatic rings. The van der Waals surface area contributed by atoms with Crippen LogP contribution in [-0.4, -0.2) is 27.5 Å². The van der Waals surface area contributed by atoms with E-state index in [9.17, 15) is 19.5 Å². The van der Waals surface area contributed by atoms with Crippen molar-refractivity contribution in [3.05, 3.63) is 95.7 Å². The molecule has 0 aliphatic carbocycles. The Balaban J connectivity index is 1.64. The molecule has 1 aromatic heterocycles. The molecule has 0 saturated carbocycles. The Bertz CT molecular complexity index is 1330. The standard InChI is InChI=1S/C25H21N3O4/c1-16(29)28-15-21(19-9-5-6-10-23(19)28)24(30)27-22-13-18(11-12-20(22)25(31)32)26-14-17-7-3-2-4-8-17/h2-13,15,26H,14H2,1H3,(H,27,30)(H,31,32). The van der Waals surface area contributed by atoms with Gasteiger partial charge in [-0.1, -0.05) is 48.5 Å². The van der Waals surface area contributed by atoms with E-state index < -0.39 is 11.9 Å². The number of carbonyl (C=O) groups is 3. The molecule has 1 heterocycles. The van der Waals surface area contributed by atoms with E-state index in [2.05, 4.69) is 10.6 Å². The van der Waals surface area contributed by atoms with Gasteiger partial charge >= 0.3 is 5.97 Å². The third kappa shape index (κ3) is 4.22. The highest BCUT2D eigenvalue weighted by molar-refractivity contribution is 6.15. The van der Waals surface area contributed by atoms with Gasteiger partial charge < -0.3 is 15.7 Å². The van der Waals surface area contributed by atoms with Crippen LogP contribution in [0.3, 0.4) is 0 Å². The van der Waals surface area contributed by atoms with E-state index in [1.54, 1.807) is 36.4 Å². The first-order valence-corrected chi connectivity index (χ1v) is 10.0. The van der Waals surface area contributed by atoms with Crippen molar-refractivity contribution >= 4 is 40.1 Å². The number of benzene rings is 3. The average molecular weight is 427 g/mol. The minimum Gasteiger partial charge on any atom is -0.478 e. The number of carbonyl (C=O) groups excluding carboxylic acids is 2. The second kappa shape index (κ2) is 8.77. The Hall–Kier alpha value is -4.39. The van der Waals surface area contributed by atoms with Gasteiger partial charge in [-0.2, -0.15) is 0 Å². The van der Waals surface area contributed by atoms with Crippen LogP contribution in [0, 0.1) is 0 Å². The Labute approximate surface area is 184 Å². The molecule has 160 valence electrons. The van der Waals surface area contributed by atoms with Crippen LogP contribution in [0.1, 0.15) is 38.0 Å². The first-order valence-electron chi connectivity index (χ1n) is 10.0. The number of aromatic carboxylic acids is 1. The lowest BCUT2D eigenvalue weighted by atomic mass is 10.1. The van der Waals surface area contributed by atoms with Crippen LogP contribution in [0.4, 0.5) is 11.4 Å². The van der Waals surface area contributed by atoms with Gasteiger partial charge in [-0.3, -0.25) is 14.2 Å². The maximum atomic E-state index is 13.1. The summed E-state index contributed by atoms with van der Waals surface area (Å²) in [7, 11) is 0. The Kier molecular flexibility index (Phi) is 5.72. The number of nitrogens with zero attached hydrogens (tertiary/aromatic N) is 1. The highest BCUT2D eigenvalue weighted by Crippen LogP contribution is 2.26. The normalized spacial score (nSPS) is 10.7. The van der Waals surface area contributed by atoms with Gasteiger partial charge in [0, 0.05) is 30.7 Å². The quantitative estimate of drug-likeness (QED) is 0.408. The average Bonchev–Trinajstić information content (AvgIpc) is 3.18. The molecule has 0 aliphatic heterocycles. The van der Waals surface area contributed by atoms with Crippen molar-refractivity contribution < 1.29 is 19.5 Å². The summed E-state index contributed by atoms with van der Waals surface area (Å²) < 4.78 is 1.40. The van der Waals surface area contributed by atoms with E-state index >= 15 is 0 Å². The second-order valence-corrected chi connectivity index (χ2v) is 7.31. The fourth-order valence-corrected chi connectivity index (χ4v) is 3.55. The molecule has 0 saturated heterocycles. The number of carboxylic acid groups (broad SMARTS) is 1. The van der Waals surface area contributed by atoms with E-state index in [1.807, 2.05) is 30.3 Å². The second-order valence-electron chi connectivity index (χ2n) is 7.31. The Morgan fingerprint density at radius 1 is 0.906 bits per heavy atom. The van der Waals surface area contributed by atoms with Crippen molar-refractivity contribution in [2.24, 2.45) is 0 Å². The van der Waals surface area contributed by atoms with E-state index in [0.29, 0.717) is 23.1 Å². The number of aromatic nitrogens is 1. The van der Waals surface area contributed by atoms with Crippen LogP contribution < -0.4 is 10.6 Å². The highest BCUT2D eigenvalue weighted by Gasteiger charge is 2.19. The van der Waals surface area contributed by atoms with Crippen molar-refractivity contribution in [3.63, 3.8) is 0 Å². The Morgan fingerprint density at radius 2 is 1.62 bits per heavy atom. The lowest BCUT2D eigenvalue weighted by molar-refractivity contribution is 0.0697. The highest BCUT2D eigenvalue weighted by atomic mass is 16.4. The minimum absolute atomic E-state index is 0.0288. The number of anilines is 2. The molecule has 7 heteroatoms. The summed E-state index contributed by atoms with van der Waals surface area (Å²) in [6, 6.07) is 21.5. The largest absolute Gasteiger partial charge is 0.478 e. The van der Waals surface area contributed by atoms with Crippen molar-refractivity contribution in [2.45, 2.75) is 13.5 Å². The molecule has 0 spiro atoms. The number of rotatable bonds is 6. The van der Waals surface area contributed by atoms with E-state index in [4.69, 9.17) is 0 Å². The molecule has 32 heavy (non-hydrogen) atoms. The van der Waals surface area contributed by atoms with Gasteiger partial charge in [0.05, 0.1) is 22.3 Å². The topological polar surface area (TPSA) is 100 Å². The van der Waals surface area contributed by atoms with Gasteiger partial charge in [0.2, 0.25) is 5.91 Å². The number of nitrogens with one attached hydrogen (secondary N) is 2. The number of hydrogen-bond donors (Lipinski definition) is 3. The van der Waals surface area contributed by atoms with Gasteiger partial charge in [0.25, 0.3) is 5.91 Å². The predicted molar refractivity (Wildman–Crippen MR) is 123 cm³/mol. The molecule has 4 aromatic rings. The van der Waals surface area contributed by atoms with Gasteiger partial charge in [-0.15, -0.1) is 0 Å². The molecular weight excluding hydrogens is 406 g/mol. The van der Waals surface area contributed by atoms with Gasteiger partial charge in [0.15, 0.2) is 0 Å². The van der Waals surface area contributed by atoms with Gasteiger partial charge in [0.1, 0.15) is 0 Å². The molecule has 4 rings (SSSR count). The SMILES string of the molecule is CC(=O)n1cc(C(=O)Nc2cc(NCc3ccccc3)ccc2C(=O)O)c2ccccc21. The first kappa shape index (κ1) is 20.9. The van der Waals surface area contributed by atoms with E-state index in [1.165, 1.54) is 23.8 Å². The number of carboxylic acids is 1. The van der Waals surface area contributed by atoms with Crippen LogP contribution in [0.15, 0.2) is 79.0 Å². The first-order chi connectivity index (χ1) is 15.4. The number of para-hydroxylation sites is 1. The summed E-state index contributed by atoms with van der Waals surface area (Å²) in [5.74, 6) is -1.87. The lowest BCUT2D eigenvalue weighted by Crippen LogP contribution is -2.15. The summed E-state index contributed by atoms with van der Waals surface area (Å²) in [5, 5.41) is 16.1. The smallest absolute Gasteiger partial charge is 0.337 e. The Morgan fingerprint density at radius 3 is 2.34 bits per heavy atom. The van der Waals surface area contributed by atoms with Crippen molar-refractivity contribution in [3.8, 4) is 0 Å². The summed E-state index contributed by atoms with van der Waals surface area (Å²) in [6.07, 6.45) is 1.47. The minimum atomic E-state index is -1.15. The third-order valence-corrected chi connectivity index (χ3v) is 5.13. The molecule has 3 N–H and O–H groups in total. The van der Waals surface area contributed by atoms with Crippen molar-refractivity contribution in [1.29, 1.82) is 0 Å². The molecule has 0 fully saturated rings. The van der Waals surface area contributed by atoms with Crippen LogP contribution in [-0.2, 0) is 6.54 Å². The summed E-state index contributed by atoms with van der Waals surface area (Å²) in [5.41, 5.74) is 2.77. The molecule has 1 amide bonds. The maximum Gasteiger partial charge on any atom is 0.337 e. The molecule has 0 unspecified atom stereocenters. The molecule has 3 aromatic carbocycles. The maximum absolute atomic E-state index is 13.1. The molecule has 0 atom stereocenters. The number of hydrogen-bond acceptors (Lipinski definition) is 4. The summed E-state index contributed by atoms with van der Waals surface area (Å²) >= 11 is 0. The fourth-order valence-electron chi connectivity index (χ4n) is 3.55. The predicted octanol–water partition coefficient (Wildman–Crippen LogP) is 4.86.